The van der Waals surface area contributed by atoms with E-state index in [1.807, 2.05) is 18.9 Å². The van der Waals surface area contributed by atoms with Crippen molar-refractivity contribution in [2.45, 2.75) is 19.8 Å². The van der Waals surface area contributed by atoms with Gasteiger partial charge in [-0.1, -0.05) is 6.92 Å². The van der Waals surface area contributed by atoms with Gasteiger partial charge in [0.05, 0.1) is 0 Å². The quantitative estimate of drug-likeness (QED) is 0.559. The predicted molar refractivity (Wildman–Crippen MR) is 47.3 cm³/mol. The second kappa shape index (κ2) is 3.61. The minimum Gasteiger partial charge on any atom is -0.761 e. The Hall–Kier alpha value is -1.72. The molecule has 0 saturated heterocycles. The van der Waals surface area contributed by atoms with E-state index in [2.05, 4.69) is 9.98 Å². The summed E-state index contributed by atoms with van der Waals surface area (Å²) >= 11 is 0. The molecule has 0 aromatic rings. The summed E-state index contributed by atoms with van der Waals surface area (Å²) in [5, 5.41) is 17.1. The van der Waals surface area contributed by atoms with E-state index in [9.17, 15) is 0 Å². The fourth-order valence-electron chi connectivity index (χ4n) is 0.880. The zero-order chi connectivity index (χ0) is 8.97. The zero-order valence-corrected chi connectivity index (χ0v) is 6.70. The lowest BCUT2D eigenvalue weighted by molar-refractivity contribution is 0.986. The van der Waals surface area contributed by atoms with Crippen molar-refractivity contribution in [3.63, 3.8) is 0 Å². The summed E-state index contributed by atoms with van der Waals surface area (Å²) < 4.78 is 0. The van der Waals surface area contributed by atoms with Gasteiger partial charge < -0.3 is 5.41 Å². The average Bonchev–Trinajstić information content (AvgIpc) is 2.48. The van der Waals surface area contributed by atoms with Crippen LogP contribution in [0.4, 0.5) is 0 Å². The Kier molecular flexibility index (Phi) is 2.52. The standard InChI is InChI=1S/C8H7N4/c1-2-3-8-11-6(4-9)7(5-10)12-8/h2-3H2,1H3/q-1. The van der Waals surface area contributed by atoms with Crippen LogP contribution in [0.1, 0.15) is 19.8 Å². The van der Waals surface area contributed by atoms with Crippen molar-refractivity contribution in [3.05, 3.63) is 11.1 Å². The monoisotopic (exact) mass is 159 g/mol. The smallest absolute Gasteiger partial charge is 0.174 e. The van der Waals surface area contributed by atoms with Crippen molar-refractivity contribution >= 4 is 17.4 Å². The van der Waals surface area contributed by atoms with E-state index < -0.39 is 0 Å². The topological polar surface area (TPSA) is 70.8 Å². The van der Waals surface area contributed by atoms with Crippen LogP contribution in [0.15, 0.2) is 15.7 Å². The second-order valence-electron chi connectivity index (χ2n) is 2.31. The maximum absolute atomic E-state index is 8.53. The Morgan fingerprint density at radius 1 is 1.50 bits per heavy atom. The molecular weight excluding hydrogens is 152 g/mol. The van der Waals surface area contributed by atoms with Gasteiger partial charge in [-0.25, -0.2) is 15.9 Å². The van der Waals surface area contributed by atoms with Crippen LogP contribution in [-0.2, 0) is 0 Å². The molecule has 60 valence electrons. The van der Waals surface area contributed by atoms with Crippen molar-refractivity contribution in [1.82, 2.24) is 0 Å². The molecule has 0 aromatic heterocycles. The molecule has 0 N–H and O–H groups in total. The highest BCUT2D eigenvalue weighted by Gasteiger charge is 2.12. The summed E-state index contributed by atoms with van der Waals surface area (Å²) in [5.41, 5.74) is 0.280. The molecule has 0 radical (unpaired) electrons. The molecule has 1 heterocycles. The number of amidine groups is 1. The molecule has 0 saturated carbocycles. The van der Waals surface area contributed by atoms with Gasteiger partial charge in [-0.3, -0.25) is 0 Å². The van der Waals surface area contributed by atoms with Gasteiger partial charge in [0.1, 0.15) is 17.6 Å². The second-order valence-corrected chi connectivity index (χ2v) is 2.31. The molecule has 1 aliphatic heterocycles. The lowest BCUT2D eigenvalue weighted by Crippen LogP contribution is -1.92. The van der Waals surface area contributed by atoms with Crippen LogP contribution in [0.5, 0.6) is 0 Å². The predicted octanol–water partition coefficient (Wildman–Crippen LogP) is 1.29. The minimum absolute atomic E-state index is 0.140. The van der Waals surface area contributed by atoms with Gasteiger partial charge in [0.15, 0.2) is 5.71 Å². The summed E-state index contributed by atoms with van der Waals surface area (Å²) in [7, 11) is 0. The van der Waals surface area contributed by atoms with E-state index in [0.717, 1.165) is 12.8 Å². The first-order valence-corrected chi connectivity index (χ1v) is 3.65. The summed E-state index contributed by atoms with van der Waals surface area (Å²) in [6, 6.07) is 1.83. The number of hydrogen-bond donors (Lipinski definition) is 0. The number of nitriles is 1. The van der Waals surface area contributed by atoms with Crippen LogP contribution >= 0.6 is 0 Å². The first kappa shape index (κ1) is 8.38. The Morgan fingerprint density at radius 2 is 2.25 bits per heavy atom. The highest BCUT2D eigenvalue weighted by atomic mass is 15.0. The third-order valence-corrected chi connectivity index (χ3v) is 1.39. The van der Waals surface area contributed by atoms with Gasteiger partial charge in [-0.05, 0) is 6.42 Å². The number of rotatable bonds is 2. The maximum Gasteiger partial charge on any atom is 0.174 e. The molecule has 0 bridgehead atoms. The molecule has 4 nitrogen and oxygen atoms in total. The molecule has 0 fully saturated rings. The molecule has 0 unspecified atom stereocenters. The third-order valence-electron chi connectivity index (χ3n) is 1.39. The van der Waals surface area contributed by atoms with Crippen LogP contribution < -0.4 is 0 Å². The molecule has 1 aliphatic rings. The van der Waals surface area contributed by atoms with Crippen LogP contribution in [0.2, 0.25) is 0 Å². The van der Waals surface area contributed by atoms with Crippen molar-refractivity contribution in [3.8, 4) is 6.07 Å². The van der Waals surface area contributed by atoms with Crippen LogP contribution in [0.25, 0.3) is 5.41 Å². The average molecular weight is 159 g/mol. The normalized spacial score (nSPS) is 14.8. The molecule has 0 atom stereocenters. The van der Waals surface area contributed by atoms with E-state index >= 15 is 0 Å². The summed E-state index contributed by atoms with van der Waals surface area (Å²) in [6.45, 7) is 1.99. The SMILES string of the molecule is CCCC1=NC(=C=[N-])C(C#N)=N1. The van der Waals surface area contributed by atoms with Crippen LogP contribution in [0, 0.1) is 11.3 Å². The fourth-order valence-corrected chi connectivity index (χ4v) is 0.880. The van der Waals surface area contributed by atoms with Gasteiger partial charge >= 0.3 is 0 Å². The Labute approximate surface area is 70.5 Å². The van der Waals surface area contributed by atoms with Gasteiger partial charge in [0.2, 0.25) is 0 Å². The lowest BCUT2D eigenvalue weighted by atomic mass is 10.3. The van der Waals surface area contributed by atoms with Gasteiger partial charge in [0, 0.05) is 6.42 Å². The fraction of sp³-hybridized carbons (Fsp3) is 0.375. The molecule has 1 rings (SSSR count). The molecule has 0 spiro atoms. The summed E-state index contributed by atoms with van der Waals surface area (Å²) in [4.78, 5) is 7.79. The molecule has 12 heavy (non-hydrogen) atoms. The van der Waals surface area contributed by atoms with Crippen LogP contribution in [0.3, 0.4) is 0 Å². The largest absolute Gasteiger partial charge is 0.761 e. The molecular formula is C8H7N4-. The molecule has 0 aromatic carbocycles. The molecule has 0 amide bonds. The van der Waals surface area contributed by atoms with E-state index in [4.69, 9.17) is 10.7 Å². The summed E-state index contributed by atoms with van der Waals surface area (Å²) in [5.74, 6) is 2.42. The van der Waals surface area contributed by atoms with Crippen LogP contribution in [-0.4, -0.2) is 17.4 Å². The Bertz CT molecular complexity index is 337. The molecule has 0 aliphatic carbocycles. The number of aliphatic imine (C=N–C) groups is 2. The highest BCUT2D eigenvalue weighted by molar-refractivity contribution is 6.24. The maximum atomic E-state index is 8.53. The van der Waals surface area contributed by atoms with Crippen molar-refractivity contribution in [2.75, 3.05) is 0 Å². The first-order valence-electron chi connectivity index (χ1n) is 3.65. The Morgan fingerprint density at radius 3 is 2.67 bits per heavy atom. The number of allylic oxidation sites excluding steroid dienone is 1. The summed E-state index contributed by atoms with van der Waals surface area (Å²) in [6.07, 6.45) is 1.64. The third kappa shape index (κ3) is 1.47. The van der Waals surface area contributed by atoms with Gasteiger partial charge in [-0.2, -0.15) is 5.26 Å². The van der Waals surface area contributed by atoms with E-state index in [0.29, 0.717) is 5.84 Å². The van der Waals surface area contributed by atoms with Crippen molar-refractivity contribution in [1.29, 1.82) is 5.26 Å². The lowest BCUT2D eigenvalue weighted by Gasteiger charge is -1.87. The Balaban J connectivity index is 2.93. The van der Waals surface area contributed by atoms with Gasteiger partial charge in [-0.15, -0.1) is 0 Å². The number of hydrogen-bond acceptors (Lipinski definition) is 3. The van der Waals surface area contributed by atoms with Crippen molar-refractivity contribution < 1.29 is 0 Å². The van der Waals surface area contributed by atoms with E-state index in [1.165, 1.54) is 0 Å². The van der Waals surface area contributed by atoms with Crippen molar-refractivity contribution in [2.24, 2.45) is 9.98 Å². The highest BCUT2D eigenvalue weighted by Crippen LogP contribution is 2.09. The van der Waals surface area contributed by atoms with E-state index in [1.54, 1.807) is 0 Å². The van der Waals surface area contributed by atoms with Gasteiger partial charge in [0.25, 0.3) is 0 Å². The zero-order valence-electron chi connectivity index (χ0n) is 6.70. The molecule has 4 heteroatoms. The number of nitrogens with zero attached hydrogens (tertiary/aromatic N) is 4. The van der Waals surface area contributed by atoms with E-state index in [-0.39, 0.29) is 11.4 Å². The minimum atomic E-state index is 0.140. The first-order chi connectivity index (χ1) is 5.81.